The number of nitrogens with zero attached hydrogens (tertiary/aromatic N) is 2. The molecule has 0 aliphatic carbocycles. The molecule has 0 spiro atoms. The van der Waals surface area contributed by atoms with Crippen molar-refractivity contribution in [2.24, 2.45) is 5.10 Å². The highest BCUT2D eigenvalue weighted by Gasteiger charge is 2.10. The predicted octanol–water partition coefficient (Wildman–Crippen LogP) is 2.29. The van der Waals surface area contributed by atoms with Crippen molar-refractivity contribution in [3.05, 3.63) is 75.8 Å². The molecule has 1 amide bonds. The Labute approximate surface area is 121 Å². The van der Waals surface area contributed by atoms with Gasteiger partial charge in [-0.05, 0) is 11.6 Å². The van der Waals surface area contributed by atoms with Gasteiger partial charge in [-0.15, -0.1) is 0 Å². The minimum atomic E-state index is -0.493. The Bertz CT molecular complexity index is 669. The van der Waals surface area contributed by atoms with Crippen LogP contribution in [0.4, 0.5) is 5.69 Å². The lowest BCUT2D eigenvalue weighted by molar-refractivity contribution is -0.385. The molecule has 0 fully saturated rings. The molecule has 0 aromatic heterocycles. The van der Waals surface area contributed by atoms with Crippen molar-refractivity contribution in [1.29, 1.82) is 0 Å². The fourth-order valence-electron chi connectivity index (χ4n) is 1.76. The van der Waals surface area contributed by atoms with Gasteiger partial charge in [0.25, 0.3) is 5.69 Å². The van der Waals surface area contributed by atoms with Crippen LogP contribution in [0, 0.1) is 10.1 Å². The molecular formula is C15H13N3O3. The molecule has 21 heavy (non-hydrogen) atoms. The molecule has 0 bridgehead atoms. The summed E-state index contributed by atoms with van der Waals surface area (Å²) in [5.74, 6) is -0.281. The van der Waals surface area contributed by atoms with Crippen molar-refractivity contribution in [3.8, 4) is 0 Å². The smallest absolute Gasteiger partial charge is 0.273 e. The highest BCUT2D eigenvalue weighted by atomic mass is 16.6. The van der Waals surface area contributed by atoms with Crippen LogP contribution in [-0.2, 0) is 11.2 Å². The lowest BCUT2D eigenvalue weighted by Gasteiger charge is -2.00. The minimum absolute atomic E-state index is 0.0569. The van der Waals surface area contributed by atoms with Crippen molar-refractivity contribution >= 4 is 17.8 Å². The van der Waals surface area contributed by atoms with Crippen LogP contribution in [-0.4, -0.2) is 17.0 Å². The van der Waals surface area contributed by atoms with Gasteiger partial charge in [0.2, 0.25) is 5.91 Å². The fourth-order valence-corrected chi connectivity index (χ4v) is 1.76. The van der Waals surface area contributed by atoms with Crippen LogP contribution in [0.2, 0.25) is 0 Å². The maximum Gasteiger partial charge on any atom is 0.278 e. The fraction of sp³-hybridized carbons (Fsp3) is 0.0667. The first kappa shape index (κ1) is 14.4. The number of rotatable bonds is 5. The van der Waals surface area contributed by atoms with Gasteiger partial charge in [0.05, 0.1) is 23.1 Å². The Morgan fingerprint density at radius 1 is 1.14 bits per heavy atom. The number of para-hydroxylation sites is 1. The van der Waals surface area contributed by atoms with Crippen LogP contribution in [0.15, 0.2) is 59.7 Å². The quantitative estimate of drug-likeness (QED) is 0.519. The number of amides is 1. The summed E-state index contributed by atoms with van der Waals surface area (Å²) in [6.45, 7) is 0. The molecule has 0 aliphatic rings. The first-order valence-corrected chi connectivity index (χ1v) is 6.26. The summed E-state index contributed by atoms with van der Waals surface area (Å²) in [5, 5.41) is 14.6. The summed E-state index contributed by atoms with van der Waals surface area (Å²) in [6, 6.07) is 15.4. The van der Waals surface area contributed by atoms with E-state index < -0.39 is 4.92 Å². The van der Waals surface area contributed by atoms with Gasteiger partial charge in [-0.3, -0.25) is 14.9 Å². The number of hydrogen-bond donors (Lipinski definition) is 1. The third kappa shape index (κ3) is 4.24. The van der Waals surface area contributed by atoms with Gasteiger partial charge in [-0.1, -0.05) is 42.5 Å². The summed E-state index contributed by atoms with van der Waals surface area (Å²) in [4.78, 5) is 22.0. The number of carbonyl (C=O) groups is 1. The average molecular weight is 283 g/mol. The van der Waals surface area contributed by atoms with E-state index in [0.717, 1.165) is 5.56 Å². The van der Waals surface area contributed by atoms with E-state index in [1.54, 1.807) is 18.2 Å². The summed E-state index contributed by atoms with van der Waals surface area (Å²) in [7, 11) is 0. The second-order valence-corrected chi connectivity index (χ2v) is 4.27. The van der Waals surface area contributed by atoms with Crippen LogP contribution in [0.3, 0.4) is 0 Å². The van der Waals surface area contributed by atoms with Crippen LogP contribution >= 0.6 is 0 Å². The summed E-state index contributed by atoms with van der Waals surface area (Å²) >= 11 is 0. The molecule has 0 saturated carbocycles. The molecule has 0 heterocycles. The van der Waals surface area contributed by atoms with Crippen LogP contribution in [0.25, 0.3) is 0 Å². The van der Waals surface area contributed by atoms with Crippen molar-refractivity contribution in [1.82, 2.24) is 5.43 Å². The topological polar surface area (TPSA) is 84.6 Å². The zero-order valence-electron chi connectivity index (χ0n) is 11.1. The van der Waals surface area contributed by atoms with Crippen molar-refractivity contribution in [2.75, 3.05) is 0 Å². The third-order valence-corrected chi connectivity index (χ3v) is 2.73. The Morgan fingerprint density at radius 2 is 1.81 bits per heavy atom. The van der Waals surface area contributed by atoms with Gasteiger partial charge in [-0.25, -0.2) is 5.43 Å². The molecule has 6 nitrogen and oxygen atoms in total. The monoisotopic (exact) mass is 283 g/mol. The van der Waals surface area contributed by atoms with Gasteiger partial charge in [0.15, 0.2) is 0 Å². The first-order chi connectivity index (χ1) is 10.2. The number of nitro groups is 1. The molecule has 2 aromatic rings. The molecule has 0 saturated heterocycles. The molecule has 0 radical (unpaired) electrons. The van der Waals surface area contributed by atoms with E-state index in [4.69, 9.17) is 0 Å². The number of nitro benzene ring substituents is 1. The SMILES string of the molecule is O=C(Cc1ccccc1)N/N=C/c1ccccc1[N+](=O)[O-]. The molecule has 2 aromatic carbocycles. The van der Waals surface area contributed by atoms with E-state index >= 15 is 0 Å². The average Bonchev–Trinajstić information content (AvgIpc) is 2.48. The Morgan fingerprint density at radius 3 is 2.52 bits per heavy atom. The van der Waals surface area contributed by atoms with E-state index in [1.165, 1.54) is 12.3 Å². The highest BCUT2D eigenvalue weighted by Crippen LogP contribution is 2.14. The highest BCUT2D eigenvalue weighted by molar-refractivity contribution is 5.86. The number of nitrogens with one attached hydrogen (secondary N) is 1. The first-order valence-electron chi connectivity index (χ1n) is 6.26. The van der Waals surface area contributed by atoms with Crippen LogP contribution < -0.4 is 5.43 Å². The van der Waals surface area contributed by atoms with Crippen LogP contribution in [0.5, 0.6) is 0 Å². The maximum atomic E-state index is 11.7. The van der Waals surface area contributed by atoms with E-state index in [9.17, 15) is 14.9 Å². The van der Waals surface area contributed by atoms with Gasteiger partial charge >= 0.3 is 0 Å². The van der Waals surface area contributed by atoms with Gasteiger partial charge in [0.1, 0.15) is 0 Å². The van der Waals surface area contributed by atoms with Crippen molar-refractivity contribution in [3.63, 3.8) is 0 Å². The second-order valence-electron chi connectivity index (χ2n) is 4.27. The Kier molecular flexibility index (Phi) is 4.76. The van der Waals surface area contributed by atoms with Gasteiger partial charge in [-0.2, -0.15) is 5.10 Å². The third-order valence-electron chi connectivity index (χ3n) is 2.73. The molecule has 1 N–H and O–H groups in total. The van der Waals surface area contributed by atoms with E-state index in [0.29, 0.717) is 5.56 Å². The predicted molar refractivity (Wildman–Crippen MR) is 79.0 cm³/mol. The molecule has 0 atom stereocenters. The van der Waals surface area contributed by atoms with Crippen molar-refractivity contribution < 1.29 is 9.72 Å². The molecular weight excluding hydrogens is 270 g/mol. The molecule has 2 rings (SSSR count). The maximum absolute atomic E-state index is 11.7. The summed E-state index contributed by atoms with van der Waals surface area (Å²) in [6.07, 6.45) is 1.47. The van der Waals surface area contributed by atoms with E-state index in [2.05, 4.69) is 10.5 Å². The van der Waals surface area contributed by atoms with E-state index in [-0.39, 0.29) is 18.0 Å². The number of benzene rings is 2. The lowest BCUT2D eigenvalue weighted by atomic mass is 10.1. The second kappa shape index (κ2) is 6.95. The molecule has 0 aliphatic heterocycles. The normalized spacial score (nSPS) is 10.5. The van der Waals surface area contributed by atoms with E-state index in [1.807, 2.05) is 30.3 Å². The van der Waals surface area contributed by atoms with Crippen molar-refractivity contribution in [2.45, 2.75) is 6.42 Å². The zero-order chi connectivity index (χ0) is 15.1. The molecule has 106 valence electrons. The Balaban J connectivity index is 1.97. The largest absolute Gasteiger partial charge is 0.278 e. The number of carbonyl (C=O) groups excluding carboxylic acids is 1. The lowest BCUT2D eigenvalue weighted by Crippen LogP contribution is -2.19. The van der Waals surface area contributed by atoms with Gasteiger partial charge < -0.3 is 0 Å². The molecule has 0 unspecified atom stereocenters. The molecule has 6 heteroatoms. The summed E-state index contributed by atoms with van der Waals surface area (Å²) in [5.41, 5.74) is 3.50. The van der Waals surface area contributed by atoms with Gasteiger partial charge in [0, 0.05) is 6.07 Å². The minimum Gasteiger partial charge on any atom is -0.273 e. The number of hydrazone groups is 1. The van der Waals surface area contributed by atoms with Crippen LogP contribution in [0.1, 0.15) is 11.1 Å². The number of hydrogen-bond acceptors (Lipinski definition) is 4. The Hall–Kier alpha value is -3.02. The standard InChI is InChI=1S/C15H13N3O3/c19-15(10-12-6-2-1-3-7-12)17-16-11-13-8-4-5-9-14(13)18(20)21/h1-9,11H,10H2,(H,17,19)/b16-11+. The zero-order valence-corrected chi connectivity index (χ0v) is 11.1. The summed E-state index contributed by atoms with van der Waals surface area (Å²) < 4.78 is 0.